The summed E-state index contributed by atoms with van der Waals surface area (Å²) in [4.78, 5) is 24.7. The normalized spacial score (nSPS) is 12.8. The molecule has 0 saturated heterocycles. The van der Waals surface area contributed by atoms with Crippen LogP contribution in [0.15, 0.2) is 78.9 Å². The van der Waals surface area contributed by atoms with Crippen LogP contribution >= 0.6 is 0 Å². The maximum atomic E-state index is 12.7. The summed E-state index contributed by atoms with van der Waals surface area (Å²) < 4.78 is 0. The Morgan fingerprint density at radius 2 is 1.54 bits per heavy atom. The average Bonchev–Trinajstić information content (AvgIpc) is 2.74. The summed E-state index contributed by atoms with van der Waals surface area (Å²) in [5, 5.41) is 8.72. The maximum Gasteiger partial charge on any atom is 0.319 e. The fourth-order valence-corrected chi connectivity index (χ4v) is 3.44. The summed E-state index contributed by atoms with van der Waals surface area (Å²) in [5.41, 5.74) is 4.20. The van der Waals surface area contributed by atoms with Crippen molar-refractivity contribution in [2.75, 3.05) is 11.9 Å². The highest BCUT2D eigenvalue weighted by atomic mass is 16.2. The predicted octanol–water partition coefficient (Wildman–Crippen LogP) is 3.88. The van der Waals surface area contributed by atoms with E-state index in [-0.39, 0.29) is 18.0 Å². The Balaban J connectivity index is 1.54. The SMILES string of the molecule is O=C(Nc1ccc2c(c1)C(=O)NCC2)NC(c1ccccc1)c1ccccc1. The zero-order valence-corrected chi connectivity index (χ0v) is 15.3. The van der Waals surface area contributed by atoms with Gasteiger partial charge in [-0.15, -0.1) is 0 Å². The molecule has 5 heteroatoms. The second-order valence-corrected chi connectivity index (χ2v) is 6.73. The van der Waals surface area contributed by atoms with Gasteiger partial charge >= 0.3 is 6.03 Å². The minimum Gasteiger partial charge on any atom is -0.352 e. The first-order chi connectivity index (χ1) is 13.7. The highest BCUT2D eigenvalue weighted by Crippen LogP contribution is 2.23. The second kappa shape index (κ2) is 7.96. The van der Waals surface area contributed by atoms with Crippen molar-refractivity contribution in [3.8, 4) is 0 Å². The quantitative estimate of drug-likeness (QED) is 0.651. The molecule has 0 fully saturated rings. The molecule has 3 amide bonds. The molecular formula is C23H21N3O2. The highest BCUT2D eigenvalue weighted by molar-refractivity contribution is 5.99. The van der Waals surface area contributed by atoms with Crippen molar-refractivity contribution in [1.82, 2.24) is 10.6 Å². The van der Waals surface area contributed by atoms with Gasteiger partial charge in [0.2, 0.25) is 0 Å². The van der Waals surface area contributed by atoms with Crippen molar-refractivity contribution >= 4 is 17.6 Å². The Morgan fingerprint density at radius 3 is 2.18 bits per heavy atom. The van der Waals surface area contributed by atoms with Crippen molar-refractivity contribution in [3.05, 3.63) is 101 Å². The van der Waals surface area contributed by atoms with Gasteiger partial charge in [-0.25, -0.2) is 4.79 Å². The van der Waals surface area contributed by atoms with Gasteiger partial charge in [0.05, 0.1) is 6.04 Å². The van der Waals surface area contributed by atoms with E-state index in [2.05, 4.69) is 16.0 Å². The molecule has 0 bridgehead atoms. The first-order valence-electron chi connectivity index (χ1n) is 9.29. The van der Waals surface area contributed by atoms with Crippen LogP contribution in [0, 0.1) is 0 Å². The van der Waals surface area contributed by atoms with E-state index in [1.54, 1.807) is 6.07 Å². The third-order valence-electron chi connectivity index (χ3n) is 4.83. The Hall–Kier alpha value is -3.60. The zero-order valence-electron chi connectivity index (χ0n) is 15.3. The maximum absolute atomic E-state index is 12.7. The molecule has 3 aromatic carbocycles. The molecule has 140 valence electrons. The largest absolute Gasteiger partial charge is 0.352 e. The first kappa shape index (κ1) is 17.8. The molecule has 1 heterocycles. The summed E-state index contributed by atoms with van der Waals surface area (Å²) in [6, 6.07) is 24.5. The van der Waals surface area contributed by atoms with E-state index in [4.69, 9.17) is 0 Å². The second-order valence-electron chi connectivity index (χ2n) is 6.73. The van der Waals surface area contributed by atoms with Crippen molar-refractivity contribution in [1.29, 1.82) is 0 Å². The highest BCUT2D eigenvalue weighted by Gasteiger charge is 2.19. The van der Waals surface area contributed by atoms with Crippen molar-refractivity contribution in [2.24, 2.45) is 0 Å². The lowest BCUT2D eigenvalue weighted by Crippen LogP contribution is -2.34. The summed E-state index contributed by atoms with van der Waals surface area (Å²) in [6.07, 6.45) is 0.803. The van der Waals surface area contributed by atoms with Crippen LogP contribution in [0.25, 0.3) is 0 Å². The Labute approximate surface area is 163 Å². The number of hydrogen-bond acceptors (Lipinski definition) is 2. The number of amides is 3. The van der Waals surface area contributed by atoms with Crippen LogP contribution in [0.5, 0.6) is 0 Å². The smallest absolute Gasteiger partial charge is 0.319 e. The predicted molar refractivity (Wildman–Crippen MR) is 109 cm³/mol. The molecule has 0 aliphatic carbocycles. The van der Waals surface area contributed by atoms with E-state index in [0.29, 0.717) is 17.8 Å². The third-order valence-corrected chi connectivity index (χ3v) is 4.83. The Morgan fingerprint density at radius 1 is 0.893 bits per heavy atom. The van der Waals surface area contributed by atoms with Crippen LogP contribution in [0.1, 0.15) is 33.1 Å². The molecule has 0 spiro atoms. The monoisotopic (exact) mass is 371 g/mol. The average molecular weight is 371 g/mol. The molecule has 0 atom stereocenters. The molecule has 0 unspecified atom stereocenters. The van der Waals surface area contributed by atoms with Gasteiger partial charge < -0.3 is 16.0 Å². The summed E-state index contributed by atoms with van der Waals surface area (Å²) >= 11 is 0. The van der Waals surface area contributed by atoms with E-state index in [0.717, 1.165) is 23.1 Å². The molecule has 3 aromatic rings. The zero-order chi connectivity index (χ0) is 19.3. The molecule has 3 N–H and O–H groups in total. The Kier molecular flexibility index (Phi) is 5.06. The molecule has 0 saturated carbocycles. The van der Waals surface area contributed by atoms with Crippen LogP contribution in [0.2, 0.25) is 0 Å². The van der Waals surface area contributed by atoms with E-state index in [9.17, 15) is 9.59 Å². The third kappa shape index (κ3) is 3.88. The molecule has 5 nitrogen and oxygen atoms in total. The van der Waals surface area contributed by atoms with E-state index in [1.807, 2.05) is 72.8 Å². The summed E-state index contributed by atoms with van der Waals surface area (Å²) in [7, 11) is 0. The number of urea groups is 1. The van der Waals surface area contributed by atoms with Gasteiger partial charge in [-0.3, -0.25) is 4.79 Å². The van der Waals surface area contributed by atoms with E-state index in [1.165, 1.54) is 0 Å². The van der Waals surface area contributed by atoms with Gasteiger partial charge in [0.1, 0.15) is 0 Å². The molecule has 0 radical (unpaired) electrons. The van der Waals surface area contributed by atoms with Crippen LogP contribution in [-0.4, -0.2) is 18.5 Å². The fraction of sp³-hybridized carbons (Fsp3) is 0.130. The van der Waals surface area contributed by atoms with Gasteiger partial charge in [-0.05, 0) is 35.2 Å². The molecule has 28 heavy (non-hydrogen) atoms. The summed E-state index contributed by atoms with van der Waals surface area (Å²) in [5.74, 6) is -0.100. The van der Waals surface area contributed by atoms with E-state index < -0.39 is 0 Å². The number of fused-ring (bicyclic) bond motifs is 1. The summed E-state index contributed by atoms with van der Waals surface area (Å²) in [6.45, 7) is 0.648. The lowest BCUT2D eigenvalue weighted by Gasteiger charge is -2.21. The van der Waals surface area contributed by atoms with Gasteiger partial charge in [-0.1, -0.05) is 66.7 Å². The van der Waals surface area contributed by atoms with Crippen LogP contribution in [0.4, 0.5) is 10.5 Å². The number of nitrogens with one attached hydrogen (secondary N) is 3. The molecule has 4 rings (SSSR count). The number of anilines is 1. The molecule has 0 aromatic heterocycles. The minimum absolute atomic E-state index is 0.100. The lowest BCUT2D eigenvalue weighted by atomic mass is 9.99. The van der Waals surface area contributed by atoms with Crippen molar-refractivity contribution in [2.45, 2.75) is 12.5 Å². The van der Waals surface area contributed by atoms with Gasteiger partial charge in [0.15, 0.2) is 0 Å². The fourth-order valence-electron chi connectivity index (χ4n) is 3.44. The number of hydrogen-bond donors (Lipinski definition) is 3. The number of carbonyl (C=O) groups excluding carboxylic acids is 2. The number of carbonyl (C=O) groups is 2. The van der Waals surface area contributed by atoms with Crippen LogP contribution in [-0.2, 0) is 6.42 Å². The first-order valence-corrected chi connectivity index (χ1v) is 9.29. The number of benzene rings is 3. The van der Waals surface area contributed by atoms with Gasteiger partial charge in [0, 0.05) is 17.8 Å². The topological polar surface area (TPSA) is 70.2 Å². The number of rotatable bonds is 4. The molecule has 1 aliphatic heterocycles. The lowest BCUT2D eigenvalue weighted by molar-refractivity contribution is 0.0946. The molecule has 1 aliphatic rings. The standard InChI is InChI=1S/C23H21N3O2/c27-22-20-15-19(12-11-16(20)13-14-24-22)25-23(28)26-21(17-7-3-1-4-8-17)18-9-5-2-6-10-18/h1-12,15,21H,13-14H2,(H,24,27)(H2,25,26,28). The van der Waals surface area contributed by atoms with E-state index >= 15 is 0 Å². The minimum atomic E-state index is -0.325. The van der Waals surface area contributed by atoms with Gasteiger partial charge in [-0.2, -0.15) is 0 Å². The van der Waals surface area contributed by atoms with Gasteiger partial charge in [0.25, 0.3) is 5.91 Å². The van der Waals surface area contributed by atoms with Crippen LogP contribution in [0.3, 0.4) is 0 Å². The van der Waals surface area contributed by atoms with Crippen molar-refractivity contribution < 1.29 is 9.59 Å². The van der Waals surface area contributed by atoms with Crippen LogP contribution < -0.4 is 16.0 Å². The Bertz CT molecular complexity index is 948. The molecular weight excluding hydrogens is 350 g/mol. The van der Waals surface area contributed by atoms with Crippen molar-refractivity contribution in [3.63, 3.8) is 0 Å².